The average Bonchev–Trinajstić information content (AvgIpc) is 2.72. The van der Waals surface area contributed by atoms with Gasteiger partial charge in [0.1, 0.15) is 6.61 Å². The first-order chi connectivity index (χ1) is 13.8. The van der Waals surface area contributed by atoms with Crippen molar-refractivity contribution in [3.63, 3.8) is 0 Å². The smallest absolute Gasteiger partial charge is 0.416 e. The quantitative estimate of drug-likeness (QED) is 0.587. The van der Waals surface area contributed by atoms with Crippen LogP contribution in [0.3, 0.4) is 0 Å². The molecule has 0 unspecified atom stereocenters. The number of carbonyl (C=O) groups excluding carboxylic acids is 2. The highest BCUT2D eigenvalue weighted by atomic mass is 79.9. The molecule has 8 heteroatoms. The minimum absolute atomic E-state index is 0.172. The zero-order chi connectivity index (χ0) is 21.0. The lowest BCUT2D eigenvalue weighted by Crippen LogP contribution is -2.40. The number of alkyl halides is 3. The van der Waals surface area contributed by atoms with Gasteiger partial charge in [0.2, 0.25) is 0 Å². The van der Waals surface area contributed by atoms with Gasteiger partial charge in [-0.3, -0.25) is 9.59 Å². The molecule has 3 rings (SSSR count). The van der Waals surface area contributed by atoms with E-state index in [0.29, 0.717) is 25.9 Å². The summed E-state index contributed by atoms with van der Waals surface area (Å²) in [6, 6.07) is 11.6. The van der Waals surface area contributed by atoms with E-state index in [1.54, 1.807) is 4.90 Å². The Morgan fingerprint density at radius 1 is 1.03 bits per heavy atom. The van der Waals surface area contributed by atoms with Gasteiger partial charge in [-0.2, -0.15) is 13.2 Å². The van der Waals surface area contributed by atoms with Gasteiger partial charge in [0, 0.05) is 28.7 Å². The first kappa shape index (κ1) is 21.4. The van der Waals surface area contributed by atoms with Crippen molar-refractivity contribution in [3.8, 4) is 0 Å². The van der Waals surface area contributed by atoms with E-state index < -0.39 is 11.7 Å². The van der Waals surface area contributed by atoms with Crippen molar-refractivity contribution >= 4 is 27.8 Å². The first-order valence-electron chi connectivity index (χ1n) is 9.12. The van der Waals surface area contributed by atoms with Crippen LogP contribution in [0.25, 0.3) is 0 Å². The van der Waals surface area contributed by atoms with Crippen molar-refractivity contribution in [2.45, 2.75) is 25.6 Å². The van der Waals surface area contributed by atoms with E-state index in [1.165, 1.54) is 12.1 Å². The average molecular weight is 470 g/mol. The molecule has 2 aromatic rings. The molecule has 0 aromatic heterocycles. The predicted octanol–water partition coefficient (Wildman–Crippen LogP) is 5.06. The fraction of sp³-hybridized carbons (Fsp3) is 0.333. The number of halogens is 4. The Hall–Kier alpha value is -2.35. The number of benzene rings is 2. The molecule has 0 bridgehead atoms. The van der Waals surface area contributed by atoms with Crippen LogP contribution in [0.2, 0.25) is 0 Å². The molecule has 1 aliphatic heterocycles. The number of esters is 1. The number of hydrogen-bond acceptors (Lipinski definition) is 3. The van der Waals surface area contributed by atoms with E-state index in [-0.39, 0.29) is 30.0 Å². The normalized spacial score (nSPS) is 15.2. The van der Waals surface area contributed by atoms with Crippen molar-refractivity contribution in [1.29, 1.82) is 0 Å². The van der Waals surface area contributed by atoms with Crippen LogP contribution in [0, 0.1) is 5.92 Å². The molecule has 1 fully saturated rings. The second-order valence-electron chi connectivity index (χ2n) is 6.84. The van der Waals surface area contributed by atoms with Gasteiger partial charge in [-0.05, 0) is 43.2 Å². The Kier molecular flexibility index (Phi) is 6.62. The molecular weight excluding hydrogens is 451 g/mol. The number of carbonyl (C=O) groups is 2. The van der Waals surface area contributed by atoms with E-state index >= 15 is 0 Å². The molecule has 0 saturated carbocycles. The lowest BCUT2D eigenvalue weighted by Gasteiger charge is -2.31. The van der Waals surface area contributed by atoms with Crippen LogP contribution in [0.1, 0.15) is 34.3 Å². The number of ether oxygens (including phenoxy) is 1. The standard InChI is InChI=1S/C21H19BrF3NO3/c22-18-4-2-1-3-16(18)13-29-20(28)15-9-11-26(12-10-15)19(27)14-5-7-17(8-6-14)21(23,24)25/h1-8,15H,9-13H2. The van der Waals surface area contributed by atoms with Crippen molar-refractivity contribution in [2.24, 2.45) is 5.92 Å². The summed E-state index contributed by atoms with van der Waals surface area (Å²) in [5, 5.41) is 0. The molecule has 154 valence electrons. The summed E-state index contributed by atoms with van der Waals surface area (Å²) in [6.45, 7) is 0.883. The van der Waals surface area contributed by atoms with Gasteiger partial charge < -0.3 is 9.64 Å². The number of amides is 1. The summed E-state index contributed by atoms with van der Waals surface area (Å²) in [7, 11) is 0. The molecule has 0 radical (unpaired) electrons. The zero-order valence-corrected chi connectivity index (χ0v) is 17.0. The summed E-state index contributed by atoms with van der Waals surface area (Å²) in [5.41, 5.74) is 0.282. The van der Waals surface area contributed by atoms with Gasteiger partial charge in [0.05, 0.1) is 11.5 Å². The van der Waals surface area contributed by atoms with Crippen molar-refractivity contribution in [2.75, 3.05) is 13.1 Å². The van der Waals surface area contributed by atoms with Gasteiger partial charge in [-0.1, -0.05) is 34.1 Å². The zero-order valence-electron chi connectivity index (χ0n) is 15.4. The molecular formula is C21H19BrF3NO3. The Morgan fingerprint density at radius 2 is 1.66 bits per heavy atom. The number of piperidine rings is 1. The molecule has 0 aliphatic carbocycles. The van der Waals surface area contributed by atoms with E-state index in [1.807, 2.05) is 24.3 Å². The van der Waals surface area contributed by atoms with Crippen LogP contribution in [0.4, 0.5) is 13.2 Å². The highest BCUT2D eigenvalue weighted by Crippen LogP contribution is 2.29. The van der Waals surface area contributed by atoms with Crippen LogP contribution < -0.4 is 0 Å². The Labute approximate surface area is 174 Å². The second-order valence-corrected chi connectivity index (χ2v) is 7.70. The maximum absolute atomic E-state index is 12.6. The monoisotopic (exact) mass is 469 g/mol. The molecule has 0 spiro atoms. The van der Waals surface area contributed by atoms with Gasteiger partial charge in [0.25, 0.3) is 5.91 Å². The Balaban J connectivity index is 1.51. The molecule has 1 heterocycles. The fourth-order valence-electron chi connectivity index (χ4n) is 3.18. The van der Waals surface area contributed by atoms with Gasteiger partial charge >= 0.3 is 12.1 Å². The Morgan fingerprint density at radius 3 is 2.24 bits per heavy atom. The number of nitrogens with zero attached hydrogens (tertiary/aromatic N) is 1. The van der Waals surface area contributed by atoms with Gasteiger partial charge in [-0.15, -0.1) is 0 Å². The largest absolute Gasteiger partial charge is 0.461 e. The van der Waals surface area contributed by atoms with Crippen LogP contribution >= 0.6 is 15.9 Å². The number of rotatable bonds is 4. The molecule has 0 N–H and O–H groups in total. The van der Waals surface area contributed by atoms with Crippen molar-refractivity contribution in [3.05, 3.63) is 69.7 Å². The molecule has 2 aromatic carbocycles. The van der Waals surface area contributed by atoms with Crippen molar-refractivity contribution in [1.82, 2.24) is 4.90 Å². The number of hydrogen-bond donors (Lipinski definition) is 0. The lowest BCUT2D eigenvalue weighted by atomic mass is 9.96. The molecule has 1 amide bonds. The summed E-state index contributed by atoms with van der Waals surface area (Å²) < 4.78 is 44.2. The predicted molar refractivity (Wildman–Crippen MR) is 104 cm³/mol. The summed E-state index contributed by atoms with van der Waals surface area (Å²) in [4.78, 5) is 26.4. The van der Waals surface area contributed by atoms with E-state index in [2.05, 4.69) is 15.9 Å². The van der Waals surface area contributed by atoms with Crippen LogP contribution in [-0.4, -0.2) is 29.9 Å². The topological polar surface area (TPSA) is 46.6 Å². The van der Waals surface area contributed by atoms with Crippen LogP contribution in [0.5, 0.6) is 0 Å². The third kappa shape index (κ3) is 5.38. The minimum atomic E-state index is -4.43. The van der Waals surface area contributed by atoms with Crippen LogP contribution in [0.15, 0.2) is 53.0 Å². The summed E-state index contributed by atoms with van der Waals surface area (Å²) in [5.74, 6) is -0.935. The Bertz CT molecular complexity index is 875. The van der Waals surface area contributed by atoms with Crippen molar-refractivity contribution < 1.29 is 27.5 Å². The minimum Gasteiger partial charge on any atom is -0.461 e. The molecule has 4 nitrogen and oxygen atoms in total. The highest BCUT2D eigenvalue weighted by molar-refractivity contribution is 9.10. The van der Waals surface area contributed by atoms with E-state index in [0.717, 1.165) is 22.2 Å². The summed E-state index contributed by atoms with van der Waals surface area (Å²) in [6.07, 6.45) is -3.52. The summed E-state index contributed by atoms with van der Waals surface area (Å²) >= 11 is 3.41. The van der Waals surface area contributed by atoms with E-state index in [4.69, 9.17) is 4.74 Å². The SMILES string of the molecule is O=C(OCc1ccccc1Br)C1CCN(C(=O)c2ccc(C(F)(F)F)cc2)CC1. The van der Waals surface area contributed by atoms with Crippen LogP contribution in [-0.2, 0) is 22.3 Å². The third-order valence-electron chi connectivity index (χ3n) is 4.90. The maximum atomic E-state index is 12.6. The first-order valence-corrected chi connectivity index (χ1v) is 9.91. The molecule has 0 atom stereocenters. The maximum Gasteiger partial charge on any atom is 0.416 e. The van der Waals surface area contributed by atoms with E-state index in [9.17, 15) is 22.8 Å². The fourth-order valence-corrected chi connectivity index (χ4v) is 3.58. The lowest BCUT2D eigenvalue weighted by molar-refractivity contribution is -0.151. The highest BCUT2D eigenvalue weighted by Gasteiger charge is 2.31. The van der Waals surface area contributed by atoms with Gasteiger partial charge in [-0.25, -0.2) is 0 Å². The third-order valence-corrected chi connectivity index (χ3v) is 5.68. The second kappa shape index (κ2) is 8.98. The molecule has 1 aliphatic rings. The molecule has 29 heavy (non-hydrogen) atoms. The van der Waals surface area contributed by atoms with Gasteiger partial charge in [0.15, 0.2) is 0 Å². The number of likely N-dealkylation sites (tertiary alicyclic amines) is 1. The molecule has 1 saturated heterocycles.